The van der Waals surface area contributed by atoms with Gasteiger partial charge in [-0.15, -0.1) is 0 Å². The van der Waals surface area contributed by atoms with Gasteiger partial charge in [-0.3, -0.25) is 14.9 Å². The van der Waals surface area contributed by atoms with Gasteiger partial charge < -0.3 is 14.4 Å². The summed E-state index contributed by atoms with van der Waals surface area (Å²) < 4.78 is 11.2. The quantitative estimate of drug-likeness (QED) is 0.774. The van der Waals surface area contributed by atoms with Crippen molar-refractivity contribution in [3.63, 3.8) is 0 Å². The number of rotatable bonds is 4. The van der Waals surface area contributed by atoms with E-state index < -0.39 is 0 Å². The molecule has 0 bridgehead atoms. The summed E-state index contributed by atoms with van der Waals surface area (Å²) in [4.78, 5) is 14.7. The summed E-state index contributed by atoms with van der Waals surface area (Å²) >= 11 is 0. The monoisotopic (exact) mass is 350 g/mol. The SMILES string of the molecule is COC1CCC(C2CN=C(N3CCN(C(C)C)CC3)C=N2)CC1OC. The van der Waals surface area contributed by atoms with Gasteiger partial charge in [0.05, 0.1) is 31.0 Å². The summed E-state index contributed by atoms with van der Waals surface area (Å²) in [5.41, 5.74) is 0. The molecule has 4 atom stereocenters. The molecule has 142 valence electrons. The highest BCUT2D eigenvalue weighted by molar-refractivity contribution is 6.29. The largest absolute Gasteiger partial charge is 0.379 e. The first-order valence-electron chi connectivity index (χ1n) is 9.74. The summed E-state index contributed by atoms with van der Waals surface area (Å²) in [6.07, 6.45) is 5.66. The van der Waals surface area contributed by atoms with Gasteiger partial charge >= 0.3 is 0 Å². The maximum Gasteiger partial charge on any atom is 0.142 e. The van der Waals surface area contributed by atoms with E-state index in [1.54, 1.807) is 14.2 Å². The molecule has 4 unspecified atom stereocenters. The van der Waals surface area contributed by atoms with Gasteiger partial charge in [0.15, 0.2) is 0 Å². The highest BCUT2D eigenvalue weighted by atomic mass is 16.5. The fourth-order valence-corrected chi connectivity index (χ4v) is 4.36. The summed E-state index contributed by atoms with van der Waals surface area (Å²) in [5, 5.41) is 0. The molecule has 0 amide bonds. The third-order valence-electron chi connectivity index (χ3n) is 6.11. The van der Waals surface area contributed by atoms with E-state index in [1.165, 1.54) is 0 Å². The van der Waals surface area contributed by atoms with Gasteiger partial charge in [0.25, 0.3) is 0 Å². The van der Waals surface area contributed by atoms with Crippen LogP contribution in [0.5, 0.6) is 0 Å². The van der Waals surface area contributed by atoms with Gasteiger partial charge in [-0.05, 0) is 39.0 Å². The van der Waals surface area contributed by atoms with Crippen molar-refractivity contribution >= 4 is 12.1 Å². The van der Waals surface area contributed by atoms with Crippen molar-refractivity contribution in [2.24, 2.45) is 15.9 Å². The fourth-order valence-electron chi connectivity index (χ4n) is 4.36. The lowest BCUT2D eigenvalue weighted by Crippen LogP contribution is -2.51. The molecule has 0 aromatic carbocycles. The van der Waals surface area contributed by atoms with Crippen molar-refractivity contribution in [2.45, 2.75) is 57.4 Å². The van der Waals surface area contributed by atoms with Crippen LogP contribution in [0.15, 0.2) is 9.98 Å². The molecule has 0 aromatic rings. The molecule has 3 aliphatic rings. The van der Waals surface area contributed by atoms with Crippen LogP contribution in [0.3, 0.4) is 0 Å². The molecule has 0 radical (unpaired) electrons. The molecule has 3 rings (SSSR count). The maximum absolute atomic E-state index is 5.64. The van der Waals surface area contributed by atoms with Crippen molar-refractivity contribution < 1.29 is 9.47 Å². The molecule has 0 spiro atoms. The average molecular weight is 351 g/mol. The molecule has 2 aliphatic heterocycles. The lowest BCUT2D eigenvalue weighted by molar-refractivity contribution is -0.0724. The average Bonchev–Trinajstić information content (AvgIpc) is 2.67. The summed E-state index contributed by atoms with van der Waals surface area (Å²) in [6.45, 7) is 9.69. The first kappa shape index (κ1) is 18.8. The number of nitrogens with zero attached hydrogens (tertiary/aromatic N) is 4. The minimum atomic E-state index is 0.188. The van der Waals surface area contributed by atoms with Crippen LogP contribution < -0.4 is 0 Å². The first-order chi connectivity index (χ1) is 12.1. The van der Waals surface area contributed by atoms with E-state index in [4.69, 9.17) is 19.5 Å². The molecule has 0 aromatic heterocycles. The third kappa shape index (κ3) is 4.41. The number of ether oxygens (including phenoxy) is 2. The Bertz CT molecular complexity index is 486. The molecular formula is C19H34N4O2. The minimum absolute atomic E-state index is 0.188. The van der Waals surface area contributed by atoms with E-state index in [2.05, 4.69) is 23.6 Å². The normalized spacial score (nSPS) is 34.4. The predicted octanol–water partition coefficient (Wildman–Crippen LogP) is 1.69. The summed E-state index contributed by atoms with van der Waals surface area (Å²) in [7, 11) is 3.57. The zero-order valence-electron chi connectivity index (χ0n) is 16.2. The Labute approximate surface area is 152 Å². The molecule has 2 heterocycles. The topological polar surface area (TPSA) is 49.7 Å². The number of methoxy groups -OCH3 is 2. The molecule has 0 N–H and O–H groups in total. The van der Waals surface area contributed by atoms with E-state index >= 15 is 0 Å². The van der Waals surface area contributed by atoms with Crippen LogP contribution in [0.4, 0.5) is 0 Å². The van der Waals surface area contributed by atoms with Crippen molar-refractivity contribution in [3.05, 3.63) is 0 Å². The van der Waals surface area contributed by atoms with Crippen LogP contribution >= 0.6 is 0 Å². The Balaban J connectivity index is 1.51. The Morgan fingerprint density at radius 3 is 2.32 bits per heavy atom. The fraction of sp³-hybridized carbons (Fsp3) is 0.895. The number of aliphatic imine (C=N–C) groups is 2. The Hall–Kier alpha value is -0.980. The van der Waals surface area contributed by atoms with Gasteiger partial charge in [0.1, 0.15) is 5.84 Å². The number of hydrogen-bond donors (Lipinski definition) is 0. The van der Waals surface area contributed by atoms with Crippen LogP contribution in [0, 0.1) is 5.92 Å². The maximum atomic E-state index is 5.64. The van der Waals surface area contributed by atoms with E-state index in [0.717, 1.165) is 57.8 Å². The molecule has 25 heavy (non-hydrogen) atoms. The standard InChI is InChI=1S/C19H34N4O2/c1-14(2)22-7-9-23(10-8-22)19-13-20-16(12-21-19)15-5-6-17(24-3)18(11-15)25-4/h13-18H,5-12H2,1-4H3. The van der Waals surface area contributed by atoms with Crippen molar-refractivity contribution in [2.75, 3.05) is 46.9 Å². The van der Waals surface area contributed by atoms with E-state index in [0.29, 0.717) is 18.0 Å². The van der Waals surface area contributed by atoms with Gasteiger partial charge in [-0.2, -0.15) is 0 Å². The molecule has 6 heteroatoms. The first-order valence-corrected chi connectivity index (χ1v) is 9.74. The predicted molar refractivity (Wildman–Crippen MR) is 102 cm³/mol. The minimum Gasteiger partial charge on any atom is -0.379 e. The smallest absolute Gasteiger partial charge is 0.142 e. The molecule has 2 fully saturated rings. The number of hydrogen-bond acceptors (Lipinski definition) is 6. The van der Waals surface area contributed by atoms with E-state index in [1.807, 2.05) is 6.21 Å². The van der Waals surface area contributed by atoms with Crippen LogP contribution in [0.2, 0.25) is 0 Å². The molecule has 6 nitrogen and oxygen atoms in total. The van der Waals surface area contributed by atoms with Crippen LogP contribution in [0.25, 0.3) is 0 Å². The zero-order valence-corrected chi connectivity index (χ0v) is 16.2. The molecule has 1 saturated carbocycles. The van der Waals surface area contributed by atoms with E-state index in [-0.39, 0.29) is 12.2 Å². The summed E-state index contributed by atoms with van der Waals surface area (Å²) in [5.74, 6) is 1.63. The molecule has 1 saturated heterocycles. The van der Waals surface area contributed by atoms with Gasteiger partial charge in [-0.1, -0.05) is 0 Å². The lowest BCUT2D eigenvalue weighted by atomic mass is 9.80. The van der Waals surface area contributed by atoms with Crippen molar-refractivity contribution in [3.8, 4) is 0 Å². The molecular weight excluding hydrogens is 316 g/mol. The van der Waals surface area contributed by atoms with Crippen LogP contribution in [-0.2, 0) is 9.47 Å². The van der Waals surface area contributed by atoms with E-state index in [9.17, 15) is 0 Å². The molecule has 1 aliphatic carbocycles. The number of amidine groups is 1. The lowest BCUT2D eigenvalue weighted by Gasteiger charge is -2.39. The van der Waals surface area contributed by atoms with Crippen LogP contribution in [-0.4, -0.2) is 93.1 Å². The van der Waals surface area contributed by atoms with Gasteiger partial charge in [0, 0.05) is 46.4 Å². The van der Waals surface area contributed by atoms with Crippen LogP contribution in [0.1, 0.15) is 33.1 Å². The summed E-state index contributed by atoms with van der Waals surface area (Å²) in [6, 6.07) is 0.931. The van der Waals surface area contributed by atoms with Crippen molar-refractivity contribution in [1.82, 2.24) is 9.80 Å². The second kappa shape index (κ2) is 8.60. The highest BCUT2D eigenvalue weighted by Gasteiger charge is 2.35. The number of piperazine rings is 1. The Kier molecular flexibility index (Phi) is 6.47. The zero-order chi connectivity index (χ0) is 17.8. The second-order valence-electron chi connectivity index (χ2n) is 7.78. The Morgan fingerprint density at radius 1 is 1.04 bits per heavy atom. The van der Waals surface area contributed by atoms with Gasteiger partial charge in [0.2, 0.25) is 0 Å². The highest BCUT2D eigenvalue weighted by Crippen LogP contribution is 2.32. The third-order valence-corrected chi connectivity index (χ3v) is 6.11. The van der Waals surface area contributed by atoms with Crippen molar-refractivity contribution in [1.29, 1.82) is 0 Å². The second-order valence-corrected chi connectivity index (χ2v) is 7.78. The van der Waals surface area contributed by atoms with Gasteiger partial charge in [-0.25, -0.2) is 0 Å². The Morgan fingerprint density at radius 2 is 1.76 bits per heavy atom.